The van der Waals surface area contributed by atoms with Gasteiger partial charge in [-0.25, -0.2) is 0 Å². The minimum Gasteiger partial charge on any atom is -0.495 e. The first-order valence-electron chi connectivity index (χ1n) is 17.9. The Morgan fingerprint density at radius 1 is 0.827 bits per heavy atom. The number of aromatic nitrogens is 5. The molecule has 6 rings (SSSR count). The van der Waals surface area contributed by atoms with E-state index < -0.39 is 18.0 Å². The molecule has 2 amide bonds. The number of ether oxygens (including phenoxy) is 2. The topological polar surface area (TPSA) is 116 Å². The van der Waals surface area contributed by atoms with Crippen LogP contribution >= 0.6 is 0 Å². The Labute approximate surface area is 305 Å². The third-order valence-corrected chi connectivity index (χ3v) is 10.3. The van der Waals surface area contributed by atoms with Crippen LogP contribution in [0.15, 0.2) is 55.2 Å². The van der Waals surface area contributed by atoms with Crippen LogP contribution in [0.4, 0.5) is 0 Å². The molecule has 11 nitrogen and oxygen atoms in total. The molecule has 0 aliphatic carbocycles. The van der Waals surface area contributed by atoms with Gasteiger partial charge < -0.3 is 19.3 Å². The second kappa shape index (κ2) is 15.7. The third kappa shape index (κ3) is 6.71. The molecule has 0 aromatic carbocycles. The molecule has 4 aromatic rings. The Kier molecular flexibility index (Phi) is 10.9. The molecule has 0 saturated heterocycles. The standard InChI is InChI=1S/C41H45N7O4/c1-8-12-14-29-18-27-19-30(51-6)23-43-38(27)40(47(29)35(49)10-3)26-16-17-33(42-21-26)37-32-20-31(52-7)24-44-39(32)41(28-22-45-46(5)25-28)48(36(50)11-4)34(37)15-13-9-2/h3-4,16-17,19-25,29,34,37,40-41H,8-9,12-15,18H2,1-2,5-7H3/t29-,34-,37?,40-,41-/m0/s1. The molecule has 0 N–H and O–H groups in total. The Bertz CT molecular complexity index is 2010. The Morgan fingerprint density at radius 2 is 1.48 bits per heavy atom. The highest BCUT2D eigenvalue weighted by Gasteiger charge is 2.46. The molecule has 2 aliphatic rings. The minimum atomic E-state index is -0.555. The Balaban J connectivity index is 1.51. The summed E-state index contributed by atoms with van der Waals surface area (Å²) in [6.45, 7) is 4.26. The molecule has 4 aromatic heterocycles. The van der Waals surface area contributed by atoms with E-state index in [1.165, 1.54) is 0 Å². The zero-order valence-corrected chi connectivity index (χ0v) is 30.5. The number of pyridine rings is 3. The summed E-state index contributed by atoms with van der Waals surface area (Å²) in [5.41, 5.74) is 5.67. The van der Waals surface area contributed by atoms with Gasteiger partial charge >= 0.3 is 0 Å². The van der Waals surface area contributed by atoms with Crippen molar-refractivity contribution in [2.75, 3.05) is 14.2 Å². The normalized spacial score (nSPS) is 20.6. The summed E-state index contributed by atoms with van der Waals surface area (Å²) in [6.07, 6.45) is 26.2. The number of rotatable bonds is 11. The number of terminal acetylenes is 2. The molecule has 2 aliphatic heterocycles. The fourth-order valence-electron chi connectivity index (χ4n) is 7.90. The van der Waals surface area contributed by atoms with Crippen LogP contribution in [0.2, 0.25) is 0 Å². The maximum atomic E-state index is 13.8. The molecule has 268 valence electrons. The van der Waals surface area contributed by atoms with Gasteiger partial charge in [-0.2, -0.15) is 5.10 Å². The first kappa shape index (κ1) is 36.1. The van der Waals surface area contributed by atoms with Crippen molar-refractivity contribution in [1.29, 1.82) is 0 Å². The average molecular weight is 700 g/mol. The van der Waals surface area contributed by atoms with Crippen molar-refractivity contribution in [2.24, 2.45) is 7.05 Å². The summed E-state index contributed by atoms with van der Waals surface area (Å²) in [7, 11) is 5.07. The van der Waals surface area contributed by atoms with E-state index in [9.17, 15) is 9.59 Å². The molecule has 0 saturated carbocycles. The van der Waals surface area contributed by atoms with E-state index in [0.29, 0.717) is 30.0 Å². The van der Waals surface area contributed by atoms with Gasteiger partial charge in [-0.3, -0.25) is 29.2 Å². The van der Waals surface area contributed by atoms with Gasteiger partial charge in [0, 0.05) is 48.7 Å². The van der Waals surface area contributed by atoms with Crippen LogP contribution in [0.1, 0.15) is 110 Å². The first-order chi connectivity index (χ1) is 25.3. The molecule has 0 spiro atoms. The van der Waals surface area contributed by atoms with Crippen LogP contribution in [-0.4, -0.2) is 72.6 Å². The van der Waals surface area contributed by atoms with Gasteiger partial charge in [-0.15, -0.1) is 12.8 Å². The van der Waals surface area contributed by atoms with Crippen molar-refractivity contribution in [2.45, 2.75) is 88.9 Å². The van der Waals surface area contributed by atoms with Crippen LogP contribution in [0.3, 0.4) is 0 Å². The number of hydrogen-bond donors (Lipinski definition) is 0. The van der Waals surface area contributed by atoms with Crippen LogP contribution < -0.4 is 9.47 Å². The Morgan fingerprint density at radius 3 is 2.10 bits per heavy atom. The van der Waals surface area contributed by atoms with E-state index in [-0.39, 0.29) is 23.9 Å². The second-order valence-electron chi connectivity index (χ2n) is 13.4. The molecule has 0 fully saturated rings. The van der Waals surface area contributed by atoms with Crippen molar-refractivity contribution in [3.63, 3.8) is 0 Å². The molecule has 5 atom stereocenters. The summed E-state index contributed by atoms with van der Waals surface area (Å²) < 4.78 is 12.9. The molecule has 6 heterocycles. The van der Waals surface area contributed by atoms with E-state index in [1.54, 1.807) is 53.5 Å². The van der Waals surface area contributed by atoms with Crippen molar-refractivity contribution in [1.82, 2.24) is 34.5 Å². The van der Waals surface area contributed by atoms with Crippen LogP contribution in [0.25, 0.3) is 0 Å². The highest BCUT2D eigenvalue weighted by molar-refractivity contribution is 5.94. The monoisotopic (exact) mass is 699 g/mol. The van der Waals surface area contributed by atoms with Crippen molar-refractivity contribution in [3.05, 3.63) is 94.6 Å². The summed E-state index contributed by atoms with van der Waals surface area (Å²) in [6, 6.07) is 6.38. The van der Waals surface area contributed by atoms with Crippen LogP contribution in [-0.2, 0) is 23.1 Å². The predicted molar refractivity (Wildman–Crippen MR) is 196 cm³/mol. The Hall–Kier alpha value is -5.68. The van der Waals surface area contributed by atoms with E-state index >= 15 is 0 Å². The first-order valence-corrected chi connectivity index (χ1v) is 17.9. The fourth-order valence-corrected chi connectivity index (χ4v) is 7.90. The molecule has 0 bridgehead atoms. The number of carbonyl (C=O) groups is 2. The maximum Gasteiger partial charge on any atom is 0.299 e. The summed E-state index contributed by atoms with van der Waals surface area (Å²) in [4.78, 5) is 45.7. The number of nitrogens with zero attached hydrogens (tertiary/aromatic N) is 7. The number of amides is 2. The molecule has 11 heteroatoms. The lowest BCUT2D eigenvalue weighted by molar-refractivity contribution is -0.131. The molecule has 1 unspecified atom stereocenters. The maximum absolute atomic E-state index is 13.8. The molecular weight excluding hydrogens is 654 g/mol. The number of carbonyl (C=O) groups excluding carboxylic acids is 2. The zero-order valence-electron chi connectivity index (χ0n) is 30.5. The van der Waals surface area contributed by atoms with E-state index in [0.717, 1.165) is 65.7 Å². The van der Waals surface area contributed by atoms with Crippen molar-refractivity contribution < 1.29 is 19.1 Å². The van der Waals surface area contributed by atoms with Gasteiger partial charge in [0.25, 0.3) is 11.8 Å². The summed E-state index contributed by atoms with van der Waals surface area (Å²) in [5, 5.41) is 4.42. The summed E-state index contributed by atoms with van der Waals surface area (Å²) in [5.74, 6) is 4.83. The lowest BCUT2D eigenvalue weighted by atomic mass is 9.76. The number of aryl methyl sites for hydroxylation is 1. The van der Waals surface area contributed by atoms with Crippen LogP contribution in [0.5, 0.6) is 11.5 Å². The molecular formula is C41H45N7O4. The number of fused-ring (bicyclic) bond motifs is 2. The number of hydrogen-bond acceptors (Lipinski definition) is 8. The minimum absolute atomic E-state index is 0.121. The van der Waals surface area contributed by atoms with Gasteiger partial charge in [0.05, 0.1) is 44.2 Å². The highest BCUT2D eigenvalue weighted by atomic mass is 16.5. The van der Waals surface area contributed by atoms with E-state index in [2.05, 4.69) is 30.8 Å². The van der Waals surface area contributed by atoms with Crippen LogP contribution in [0, 0.1) is 24.7 Å². The smallest absolute Gasteiger partial charge is 0.299 e. The van der Waals surface area contributed by atoms with Crippen molar-refractivity contribution in [3.8, 4) is 36.2 Å². The van der Waals surface area contributed by atoms with Gasteiger partial charge in [-0.1, -0.05) is 45.6 Å². The number of methoxy groups -OCH3 is 2. The fraction of sp³-hybridized carbons (Fsp3) is 0.415. The quantitative estimate of drug-likeness (QED) is 0.188. The second-order valence-corrected chi connectivity index (χ2v) is 13.4. The van der Waals surface area contributed by atoms with Crippen molar-refractivity contribution >= 4 is 11.8 Å². The lowest BCUT2D eigenvalue weighted by Crippen LogP contribution is -2.50. The predicted octanol–water partition coefficient (Wildman–Crippen LogP) is 5.54. The van der Waals surface area contributed by atoms with Gasteiger partial charge in [-0.05, 0) is 66.0 Å². The molecule has 52 heavy (non-hydrogen) atoms. The highest BCUT2D eigenvalue weighted by Crippen LogP contribution is 2.48. The largest absolute Gasteiger partial charge is 0.495 e. The lowest BCUT2D eigenvalue weighted by Gasteiger charge is -2.46. The molecule has 0 radical (unpaired) electrons. The third-order valence-electron chi connectivity index (χ3n) is 10.3. The van der Waals surface area contributed by atoms with E-state index in [1.807, 2.05) is 37.5 Å². The zero-order chi connectivity index (χ0) is 36.9. The average Bonchev–Trinajstić information content (AvgIpc) is 3.62. The van der Waals surface area contributed by atoms with E-state index in [4.69, 9.17) is 37.3 Å². The van der Waals surface area contributed by atoms with Gasteiger partial charge in [0.2, 0.25) is 0 Å². The van der Waals surface area contributed by atoms with Gasteiger partial charge in [0.15, 0.2) is 0 Å². The SMILES string of the molecule is C#CC(=O)N1[C@@H](CCCC)Cc2cc(OC)cnc2[C@@H]1c1ccc(C2c3cc(OC)cnc3[C@H](c3cnn(C)c3)N(C(=O)C#C)[C@H]2CCCC)nc1. The van der Waals surface area contributed by atoms with Gasteiger partial charge in [0.1, 0.15) is 23.6 Å². The summed E-state index contributed by atoms with van der Waals surface area (Å²) >= 11 is 0. The number of unbranched alkanes of at least 4 members (excludes halogenated alkanes) is 2.